The molecule has 16 heavy (non-hydrogen) atoms. The molecule has 2 N–H and O–H groups in total. The molecule has 0 spiro atoms. The largest absolute Gasteiger partial charge is 0.384 e. The van der Waals surface area contributed by atoms with Crippen LogP contribution in [0.1, 0.15) is 18.1 Å². The Hall–Kier alpha value is -1.84. The number of rotatable bonds is 4. The van der Waals surface area contributed by atoms with Gasteiger partial charge in [-0.1, -0.05) is 0 Å². The fraction of sp³-hybridized carbons (Fsp3) is 0.333. The smallest absolute Gasteiger partial charge is 0.123 e. The van der Waals surface area contributed by atoms with Crippen LogP contribution in [0.15, 0.2) is 30.7 Å². The van der Waals surface area contributed by atoms with Gasteiger partial charge in [-0.15, -0.1) is 0 Å². The molecule has 0 aliphatic carbocycles. The van der Waals surface area contributed by atoms with Crippen LogP contribution in [0.4, 0.5) is 5.82 Å². The van der Waals surface area contributed by atoms with Gasteiger partial charge in [0, 0.05) is 18.9 Å². The van der Waals surface area contributed by atoms with Crippen LogP contribution in [0.2, 0.25) is 0 Å². The third-order valence-corrected chi connectivity index (χ3v) is 2.56. The van der Waals surface area contributed by atoms with Crippen LogP contribution < -0.4 is 5.73 Å². The summed E-state index contributed by atoms with van der Waals surface area (Å²) in [4.78, 5) is 3.97. The summed E-state index contributed by atoms with van der Waals surface area (Å²) in [5, 5.41) is 4.24. The summed E-state index contributed by atoms with van der Waals surface area (Å²) in [6.07, 6.45) is 7.73. The fourth-order valence-corrected chi connectivity index (χ4v) is 1.65. The molecule has 2 aromatic rings. The van der Waals surface area contributed by atoms with E-state index in [0.29, 0.717) is 5.82 Å². The zero-order chi connectivity index (χ0) is 11.4. The minimum atomic E-state index is 0.585. The maximum Gasteiger partial charge on any atom is 0.123 e. The molecule has 0 aliphatic rings. The van der Waals surface area contributed by atoms with Crippen LogP contribution in [-0.2, 0) is 19.4 Å². The molecule has 0 atom stereocenters. The van der Waals surface area contributed by atoms with Gasteiger partial charge in [0.05, 0.1) is 6.20 Å². The number of nitrogens with zero attached hydrogens (tertiary/aromatic N) is 3. The summed E-state index contributed by atoms with van der Waals surface area (Å²) in [6, 6.07) is 3.92. The Kier molecular flexibility index (Phi) is 3.19. The van der Waals surface area contributed by atoms with E-state index in [9.17, 15) is 0 Å². The van der Waals surface area contributed by atoms with Crippen molar-refractivity contribution in [2.24, 2.45) is 0 Å². The van der Waals surface area contributed by atoms with Crippen molar-refractivity contribution >= 4 is 5.82 Å². The van der Waals surface area contributed by atoms with E-state index in [1.807, 2.05) is 23.0 Å². The van der Waals surface area contributed by atoms with Crippen LogP contribution >= 0.6 is 0 Å². The van der Waals surface area contributed by atoms with Crippen molar-refractivity contribution in [1.29, 1.82) is 0 Å². The number of anilines is 1. The molecule has 0 fully saturated rings. The topological polar surface area (TPSA) is 56.7 Å². The molecule has 2 rings (SSSR count). The SMILES string of the molecule is CCn1cc(CCc2ccnc(N)c2)cn1. The molecule has 0 unspecified atom stereocenters. The summed E-state index contributed by atoms with van der Waals surface area (Å²) < 4.78 is 1.94. The van der Waals surface area contributed by atoms with Crippen molar-refractivity contribution < 1.29 is 0 Å². The van der Waals surface area contributed by atoms with Gasteiger partial charge in [0.1, 0.15) is 5.82 Å². The fourth-order valence-electron chi connectivity index (χ4n) is 1.65. The lowest BCUT2D eigenvalue weighted by Crippen LogP contribution is -1.95. The number of hydrogen-bond donors (Lipinski definition) is 1. The number of hydrogen-bond acceptors (Lipinski definition) is 3. The molecule has 0 radical (unpaired) electrons. The maximum atomic E-state index is 5.63. The second kappa shape index (κ2) is 4.79. The van der Waals surface area contributed by atoms with Crippen LogP contribution in [0.25, 0.3) is 0 Å². The highest BCUT2D eigenvalue weighted by Gasteiger charge is 1.99. The molecule has 0 aromatic carbocycles. The molecule has 0 bridgehead atoms. The van der Waals surface area contributed by atoms with Crippen LogP contribution in [0.5, 0.6) is 0 Å². The molecule has 84 valence electrons. The first-order valence-corrected chi connectivity index (χ1v) is 5.49. The second-order valence-corrected chi connectivity index (χ2v) is 3.79. The first kappa shape index (κ1) is 10.7. The van der Waals surface area contributed by atoms with Gasteiger partial charge >= 0.3 is 0 Å². The average Bonchev–Trinajstić information content (AvgIpc) is 2.74. The minimum absolute atomic E-state index is 0.585. The summed E-state index contributed by atoms with van der Waals surface area (Å²) in [6.45, 7) is 3.00. The molecule has 4 heteroatoms. The first-order valence-electron chi connectivity index (χ1n) is 5.49. The Labute approximate surface area is 95.1 Å². The maximum absolute atomic E-state index is 5.63. The zero-order valence-corrected chi connectivity index (χ0v) is 9.43. The average molecular weight is 216 g/mol. The quantitative estimate of drug-likeness (QED) is 0.845. The zero-order valence-electron chi connectivity index (χ0n) is 9.43. The highest BCUT2D eigenvalue weighted by atomic mass is 15.3. The van der Waals surface area contributed by atoms with Gasteiger partial charge in [-0.3, -0.25) is 4.68 Å². The van der Waals surface area contributed by atoms with Crippen LogP contribution in [-0.4, -0.2) is 14.8 Å². The second-order valence-electron chi connectivity index (χ2n) is 3.79. The Morgan fingerprint density at radius 2 is 2.12 bits per heavy atom. The van der Waals surface area contributed by atoms with Gasteiger partial charge in [-0.25, -0.2) is 4.98 Å². The Morgan fingerprint density at radius 3 is 2.81 bits per heavy atom. The number of pyridine rings is 1. The normalized spacial score (nSPS) is 10.6. The molecule has 2 heterocycles. The number of aromatic nitrogens is 3. The third-order valence-electron chi connectivity index (χ3n) is 2.56. The molecule has 4 nitrogen and oxygen atoms in total. The Bertz CT molecular complexity index is 462. The minimum Gasteiger partial charge on any atom is -0.384 e. The molecular formula is C12H16N4. The number of aryl methyl sites for hydroxylation is 3. The van der Waals surface area contributed by atoms with E-state index in [2.05, 4.69) is 23.2 Å². The van der Waals surface area contributed by atoms with Gasteiger partial charge in [-0.2, -0.15) is 5.10 Å². The van der Waals surface area contributed by atoms with Crippen molar-refractivity contribution in [3.8, 4) is 0 Å². The van der Waals surface area contributed by atoms with Gasteiger partial charge < -0.3 is 5.73 Å². The van der Waals surface area contributed by atoms with E-state index in [4.69, 9.17) is 5.73 Å². The lowest BCUT2D eigenvalue weighted by molar-refractivity contribution is 0.659. The number of nitrogens with two attached hydrogens (primary N) is 1. The van der Waals surface area contributed by atoms with Crippen molar-refractivity contribution in [1.82, 2.24) is 14.8 Å². The molecule has 2 aromatic heterocycles. The summed E-state index contributed by atoms with van der Waals surface area (Å²) in [7, 11) is 0. The van der Waals surface area contributed by atoms with E-state index in [-0.39, 0.29) is 0 Å². The highest BCUT2D eigenvalue weighted by molar-refractivity contribution is 5.32. The van der Waals surface area contributed by atoms with Crippen molar-refractivity contribution in [2.45, 2.75) is 26.3 Å². The lowest BCUT2D eigenvalue weighted by atomic mass is 10.1. The standard InChI is InChI=1S/C12H16N4/c1-2-16-9-11(8-15-16)4-3-10-5-6-14-12(13)7-10/h5-9H,2-4H2,1H3,(H2,13,14). The van der Waals surface area contributed by atoms with Gasteiger partial charge in [0.15, 0.2) is 0 Å². The van der Waals surface area contributed by atoms with Crippen molar-refractivity contribution in [2.75, 3.05) is 5.73 Å². The summed E-state index contributed by atoms with van der Waals surface area (Å²) in [5.74, 6) is 0.585. The van der Waals surface area contributed by atoms with Crippen LogP contribution in [0, 0.1) is 0 Å². The van der Waals surface area contributed by atoms with E-state index in [0.717, 1.165) is 19.4 Å². The van der Waals surface area contributed by atoms with E-state index in [1.54, 1.807) is 6.20 Å². The van der Waals surface area contributed by atoms with Crippen molar-refractivity contribution in [3.63, 3.8) is 0 Å². The van der Waals surface area contributed by atoms with Crippen LogP contribution in [0.3, 0.4) is 0 Å². The van der Waals surface area contributed by atoms with Gasteiger partial charge in [0.2, 0.25) is 0 Å². The summed E-state index contributed by atoms with van der Waals surface area (Å²) >= 11 is 0. The van der Waals surface area contributed by atoms with Gasteiger partial charge in [0.25, 0.3) is 0 Å². The van der Waals surface area contributed by atoms with Crippen molar-refractivity contribution in [3.05, 3.63) is 41.9 Å². The molecular weight excluding hydrogens is 200 g/mol. The Morgan fingerprint density at radius 1 is 1.31 bits per heavy atom. The van der Waals surface area contributed by atoms with E-state index >= 15 is 0 Å². The predicted molar refractivity (Wildman–Crippen MR) is 64.0 cm³/mol. The molecule has 0 saturated carbocycles. The highest BCUT2D eigenvalue weighted by Crippen LogP contribution is 2.08. The Balaban J connectivity index is 1.96. The molecule has 0 saturated heterocycles. The monoisotopic (exact) mass is 216 g/mol. The third kappa shape index (κ3) is 2.59. The predicted octanol–water partition coefficient (Wildman–Crippen LogP) is 1.67. The first-order chi connectivity index (χ1) is 7.78. The lowest BCUT2D eigenvalue weighted by Gasteiger charge is -2.00. The van der Waals surface area contributed by atoms with E-state index in [1.165, 1.54) is 11.1 Å². The number of nitrogen functional groups attached to an aromatic ring is 1. The molecule has 0 amide bonds. The summed E-state index contributed by atoms with van der Waals surface area (Å²) in [5.41, 5.74) is 8.11. The molecule has 0 aliphatic heterocycles. The van der Waals surface area contributed by atoms with E-state index < -0.39 is 0 Å². The van der Waals surface area contributed by atoms with Gasteiger partial charge in [-0.05, 0) is 43.0 Å².